The summed E-state index contributed by atoms with van der Waals surface area (Å²) in [6.07, 6.45) is 3.81. The van der Waals surface area contributed by atoms with Crippen molar-refractivity contribution in [3.8, 4) is 5.75 Å². The lowest BCUT2D eigenvalue weighted by Crippen LogP contribution is -2.47. The van der Waals surface area contributed by atoms with E-state index in [1.165, 1.54) is 37.9 Å². The third-order valence-electron chi connectivity index (χ3n) is 3.92. The molecule has 2 aliphatic rings. The van der Waals surface area contributed by atoms with Crippen LogP contribution in [-0.2, 0) is 6.42 Å². The van der Waals surface area contributed by atoms with Crippen molar-refractivity contribution >= 4 is 0 Å². The van der Waals surface area contributed by atoms with Gasteiger partial charge in [-0.1, -0.05) is 18.2 Å². The maximum Gasteiger partial charge on any atom is 0.122 e. The van der Waals surface area contributed by atoms with Crippen LogP contribution < -0.4 is 4.74 Å². The van der Waals surface area contributed by atoms with Crippen LogP contribution in [0.2, 0.25) is 0 Å². The summed E-state index contributed by atoms with van der Waals surface area (Å²) >= 11 is 0. The number of rotatable bonds is 0. The summed E-state index contributed by atoms with van der Waals surface area (Å²) in [5, 5.41) is 0. The topological polar surface area (TPSA) is 12.5 Å². The number of hydrogen-bond donors (Lipinski definition) is 0. The van der Waals surface area contributed by atoms with Crippen LogP contribution in [0.1, 0.15) is 18.4 Å². The van der Waals surface area contributed by atoms with Crippen LogP contribution in [0, 0.1) is 5.41 Å². The van der Waals surface area contributed by atoms with Gasteiger partial charge in [-0.2, -0.15) is 0 Å². The molecule has 0 amide bonds. The molecule has 1 fully saturated rings. The average Bonchev–Trinajstić information content (AvgIpc) is 2.28. The fraction of sp³-hybridized carbons (Fsp3) is 0.571. The zero-order valence-electron chi connectivity index (χ0n) is 9.91. The van der Waals surface area contributed by atoms with Crippen LogP contribution in [0.25, 0.3) is 0 Å². The van der Waals surface area contributed by atoms with Gasteiger partial charge >= 0.3 is 0 Å². The first-order valence-corrected chi connectivity index (χ1v) is 6.17. The fourth-order valence-electron chi connectivity index (χ4n) is 3.19. The maximum atomic E-state index is 5.94. The molecule has 2 heterocycles. The predicted molar refractivity (Wildman–Crippen MR) is 64.8 cm³/mol. The molecule has 1 saturated heterocycles. The van der Waals surface area contributed by atoms with E-state index in [0.717, 1.165) is 12.4 Å². The van der Waals surface area contributed by atoms with E-state index in [0.29, 0.717) is 5.41 Å². The van der Waals surface area contributed by atoms with Gasteiger partial charge in [0.1, 0.15) is 5.75 Å². The van der Waals surface area contributed by atoms with Gasteiger partial charge in [0.25, 0.3) is 0 Å². The van der Waals surface area contributed by atoms with E-state index in [1.807, 2.05) is 0 Å². The predicted octanol–water partition coefficient (Wildman–Crippen LogP) is 2.33. The summed E-state index contributed by atoms with van der Waals surface area (Å²) in [5.74, 6) is 1.10. The molecule has 2 heteroatoms. The van der Waals surface area contributed by atoms with Gasteiger partial charge in [0.2, 0.25) is 0 Å². The fourth-order valence-corrected chi connectivity index (χ4v) is 3.19. The Kier molecular flexibility index (Phi) is 2.40. The van der Waals surface area contributed by atoms with Crippen LogP contribution in [0.4, 0.5) is 0 Å². The third-order valence-corrected chi connectivity index (χ3v) is 3.92. The zero-order chi connectivity index (χ0) is 11.0. The van der Waals surface area contributed by atoms with E-state index in [4.69, 9.17) is 4.74 Å². The van der Waals surface area contributed by atoms with Gasteiger partial charge in [0.15, 0.2) is 0 Å². The number of piperidine rings is 1. The summed E-state index contributed by atoms with van der Waals surface area (Å²) in [5.41, 5.74) is 1.77. The zero-order valence-corrected chi connectivity index (χ0v) is 9.91. The minimum absolute atomic E-state index is 0.376. The van der Waals surface area contributed by atoms with Crippen molar-refractivity contribution in [3.63, 3.8) is 0 Å². The Morgan fingerprint density at radius 3 is 3.06 bits per heavy atom. The van der Waals surface area contributed by atoms with E-state index in [1.54, 1.807) is 0 Å². The Bertz CT molecular complexity index is 390. The second-order valence-electron chi connectivity index (χ2n) is 5.41. The first-order chi connectivity index (χ1) is 7.77. The number of fused-ring (bicyclic) bond motifs is 1. The van der Waals surface area contributed by atoms with E-state index >= 15 is 0 Å². The molecule has 1 unspecified atom stereocenters. The summed E-state index contributed by atoms with van der Waals surface area (Å²) in [6, 6.07) is 8.48. The Hall–Kier alpha value is -1.02. The smallest absolute Gasteiger partial charge is 0.122 e. The van der Waals surface area contributed by atoms with Crippen LogP contribution in [0.5, 0.6) is 5.75 Å². The van der Waals surface area contributed by atoms with Crippen molar-refractivity contribution in [3.05, 3.63) is 29.8 Å². The number of para-hydroxylation sites is 1. The quantitative estimate of drug-likeness (QED) is 0.661. The van der Waals surface area contributed by atoms with Crippen LogP contribution in [-0.4, -0.2) is 31.6 Å². The first kappa shape index (κ1) is 10.2. The molecule has 0 saturated carbocycles. The molecule has 1 atom stereocenters. The van der Waals surface area contributed by atoms with Crippen molar-refractivity contribution < 1.29 is 4.74 Å². The van der Waals surface area contributed by atoms with Crippen molar-refractivity contribution in [2.45, 2.75) is 19.3 Å². The van der Waals surface area contributed by atoms with Gasteiger partial charge in [0.05, 0.1) is 6.61 Å². The number of nitrogens with zero attached hydrogens (tertiary/aromatic N) is 1. The van der Waals surface area contributed by atoms with Crippen molar-refractivity contribution in [1.82, 2.24) is 4.90 Å². The van der Waals surface area contributed by atoms with Gasteiger partial charge in [-0.15, -0.1) is 0 Å². The SMILES string of the molecule is CN1CCCC2(COc3ccccc3C2)C1. The van der Waals surface area contributed by atoms with Crippen LogP contribution in [0.15, 0.2) is 24.3 Å². The molecule has 1 aromatic carbocycles. The average molecular weight is 217 g/mol. The lowest BCUT2D eigenvalue weighted by atomic mass is 9.74. The minimum Gasteiger partial charge on any atom is -0.493 e. The highest BCUT2D eigenvalue weighted by atomic mass is 16.5. The number of ether oxygens (including phenoxy) is 1. The molecule has 16 heavy (non-hydrogen) atoms. The monoisotopic (exact) mass is 217 g/mol. The Labute approximate surface area is 97.2 Å². The van der Waals surface area contributed by atoms with Gasteiger partial charge in [-0.25, -0.2) is 0 Å². The molecule has 1 spiro atoms. The molecule has 86 valence electrons. The largest absolute Gasteiger partial charge is 0.493 e. The minimum atomic E-state index is 0.376. The van der Waals surface area contributed by atoms with Gasteiger partial charge in [0, 0.05) is 12.0 Å². The van der Waals surface area contributed by atoms with Crippen LogP contribution >= 0.6 is 0 Å². The normalized spacial score (nSPS) is 29.8. The van der Waals surface area contributed by atoms with Gasteiger partial charge in [-0.3, -0.25) is 0 Å². The molecule has 1 aromatic rings. The third kappa shape index (κ3) is 1.71. The Morgan fingerprint density at radius 2 is 2.19 bits per heavy atom. The molecule has 0 bridgehead atoms. The van der Waals surface area contributed by atoms with Crippen molar-refractivity contribution in [1.29, 1.82) is 0 Å². The van der Waals surface area contributed by atoms with Gasteiger partial charge < -0.3 is 9.64 Å². The summed E-state index contributed by atoms with van der Waals surface area (Å²) in [4.78, 5) is 2.45. The van der Waals surface area contributed by atoms with Crippen LogP contribution in [0.3, 0.4) is 0 Å². The summed E-state index contributed by atoms with van der Waals surface area (Å²) in [7, 11) is 2.22. The molecule has 0 N–H and O–H groups in total. The molecule has 2 nitrogen and oxygen atoms in total. The molecule has 0 aliphatic carbocycles. The second kappa shape index (κ2) is 3.77. The Balaban J connectivity index is 1.86. The van der Waals surface area contributed by atoms with E-state index in [2.05, 4.69) is 36.2 Å². The van der Waals surface area contributed by atoms with Crippen molar-refractivity contribution in [2.75, 3.05) is 26.7 Å². The molecule has 0 radical (unpaired) electrons. The highest BCUT2D eigenvalue weighted by Crippen LogP contribution is 2.39. The number of hydrogen-bond acceptors (Lipinski definition) is 2. The van der Waals surface area contributed by atoms with E-state index < -0.39 is 0 Å². The molecule has 3 rings (SSSR count). The molecule has 0 aromatic heterocycles. The Morgan fingerprint density at radius 1 is 1.31 bits per heavy atom. The van der Waals surface area contributed by atoms with Crippen molar-refractivity contribution in [2.24, 2.45) is 5.41 Å². The van der Waals surface area contributed by atoms with E-state index in [9.17, 15) is 0 Å². The standard InChI is InChI=1S/C14H19NO/c1-15-8-4-7-14(10-15)9-12-5-2-3-6-13(12)16-11-14/h2-3,5-6H,4,7-11H2,1H3. The number of likely N-dealkylation sites (tertiary alicyclic amines) is 1. The second-order valence-corrected chi connectivity index (χ2v) is 5.41. The summed E-state index contributed by atoms with van der Waals surface area (Å²) < 4.78 is 5.94. The lowest BCUT2D eigenvalue weighted by molar-refractivity contribution is 0.0406. The summed E-state index contributed by atoms with van der Waals surface area (Å²) in [6.45, 7) is 3.32. The molecular weight excluding hydrogens is 198 g/mol. The molecular formula is C14H19NO. The molecule has 2 aliphatic heterocycles. The number of benzene rings is 1. The first-order valence-electron chi connectivity index (χ1n) is 6.17. The highest BCUT2D eigenvalue weighted by Gasteiger charge is 2.38. The maximum absolute atomic E-state index is 5.94. The van der Waals surface area contributed by atoms with Gasteiger partial charge in [-0.05, 0) is 44.5 Å². The lowest BCUT2D eigenvalue weighted by Gasteiger charge is -2.44. The highest BCUT2D eigenvalue weighted by molar-refractivity contribution is 5.36. The van der Waals surface area contributed by atoms with E-state index in [-0.39, 0.29) is 0 Å².